The van der Waals surface area contributed by atoms with Crippen LogP contribution in [0.4, 0.5) is 8.78 Å². The predicted octanol–water partition coefficient (Wildman–Crippen LogP) is 3.32. The summed E-state index contributed by atoms with van der Waals surface area (Å²) in [5.74, 6) is 0.216. The third-order valence-electron chi connectivity index (χ3n) is 8.70. The zero-order valence-electron chi connectivity index (χ0n) is 30.8. The van der Waals surface area contributed by atoms with Gasteiger partial charge in [0, 0.05) is 57.1 Å². The van der Waals surface area contributed by atoms with Gasteiger partial charge in [0.05, 0.1) is 50.4 Å². The maximum absolute atomic E-state index is 13.8. The van der Waals surface area contributed by atoms with Crippen LogP contribution in [0.1, 0.15) is 11.4 Å². The lowest BCUT2D eigenvalue weighted by molar-refractivity contribution is -0.140. The summed E-state index contributed by atoms with van der Waals surface area (Å²) in [6, 6.07) is 26.5. The summed E-state index contributed by atoms with van der Waals surface area (Å²) in [6.45, 7) is 2.20. The van der Waals surface area contributed by atoms with Gasteiger partial charge in [-0.25, -0.2) is 18.7 Å². The summed E-state index contributed by atoms with van der Waals surface area (Å²) in [5, 5.41) is 32.4. The number of hydrogen-bond acceptors (Lipinski definition) is 12. The van der Waals surface area contributed by atoms with Crippen LogP contribution in [0.15, 0.2) is 122 Å². The molecule has 0 radical (unpaired) electrons. The van der Waals surface area contributed by atoms with E-state index in [1.54, 1.807) is 89.2 Å². The molecule has 4 aromatic heterocycles. The van der Waals surface area contributed by atoms with Crippen molar-refractivity contribution < 1.29 is 37.9 Å². The molecule has 2 aliphatic rings. The van der Waals surface area contributed by atoms with E-state index in [1.807, 2.05) is 12.1 Å². The maximum Gasteiger partial charge on any atom is 0.491 e. The lowest BCUT2D eigenvalue weighted by atomic mass is 9.80. The molecule has 296 valence electrons. The fourth-order valence-corrected chi connectivity index (χ4v) is 5.90. The van der Waals surface area contributed by atoms with Gasteiger partial charge in [-0.05, 0) is 71.1 Å². The molecule has 2 aliphatic heterocycles. The Morgan fingerprint density at radius 1 is 0.672 bits per heavy atom. The maximum atomic E-state index is 13.8. The number of rotatable bonds is 10. The summed E-state index contributed by atoms with van der Waals surface area (Å²) < 4.78 is 38.9. The monoisotopic (exact) mass is 900 g/mol. The quantitative estimate of drug-likeness (QED) is 0.152. The molecule has 2 aromatic carbocycles. The number of ether oxygens (including phenoxy) is 2. The smallest absolute Gasteiger partial charge is 0.471 e. The van der Waals surface area contributed by atoms with E-state index in [-0.39, 0.29) is 48.1 Å². The van der Waals surface area contributed by atoms with Crippen LogP contribution in [0, 0.1) is 15.2 Å². The summed E-state index contributed by atoms with van der Waals surface area (Å²) in [7, 11) is -1.72. The molecular formula is C40H36BF2IN8O6. The van der Waals surface area contributed by atoms with Gasteiger partial charge in [-0.1, -0.05) is 36.4 Å². The first-order valence-corrected chi connectivity index (χ1v) is 19.0. The minimum absolute atomic E-state index is 0.00166. The highest BCUT2D eigenvalue weighted by molar-refractivity contribution is 14.1. The summed E-state index contributed by atoms with van der Waals surface area (Å²) >= 11 is 2.19. The van der Waals surface area contributed by atoms with Crippen LogP contribution in [-0.2, 0) is 22.4 Å². The Labute approximate surface area is 346 Å². The Bertz CT molecular complexity index is 2240. The molecule has 0 unspecified atom stereocenters. The summed E-state index contributed by atoms with van der Waals surface area (Å²) in [6.07, 6.45) is 6.94. The second-order valence-electron chi connectivity index (χ2n) is 12.9. The van der Waals surface area contributed by atoms with Gasteiger partial charge in [0.1, 0.15) is 23.8 Å². The molecule has 0 bridgehead atoms. The van der Waals surface area contributed by atoms with Gasteiger partial charge in [0.2, 0.25) is 23.6 Å². The first kappa shape index (κ1) is 41.6. The molecule has 0 saturated carbocycles. The number of pyridine rings is 2. The molecule has 58 heavy (non-hydrogen) atoms. The van der Waals surface area contributed by atoms with Gasteiger partial charge >= 0.3 is 7.12 Å². The average molecular weight is 900 g/mol. The van der Waals surface area contributed by atoms with Crippen molar-refractivity contribution in [2.45, 2.75) is 25.0 Å². The first-order chi connectivity index (χ1) is 28.1. The topological polar surface area (TPSA) is 177 Å². The molecule has 6 heterocycles. The van der Waals surface area contributed by atoms with Crippen molar-refractivity contribution >= 4 is 47.0 Å². The van der Waals surface area contributed by atoms with Crippen LogP contribution in [-0.4, -0.2) is 108 Å². The van der Waals surface area contributed by atoms with Crippen molar-refractivity contribution in [2.75, 3.05) is 26.2 Å². The number of halogens is 3. The summed E-state index contributed by atoms with van der Waals surface area (Å²) in [5.41, 5.74) is 2.43. The normalized spacial score (nSPS) is 13.4. The number of likely N-dealkylation sites (tertiary alicyclic amines) is 2. The van der Waals surface area contributed by atoms with E-state index in [9.17, 15) is 18.4 Å². The second-order valence-corrected chi connectivity index (χ2v) is 14.2. The van der Waals surface area contributed by atoms with E-state index < -0.39 is 12.9 Å². The van der Waals surface area contributed by atoms with Gasteiger partial charge in [-0.15, -0.1) is 0 Å². The number of amides is 2. The standard InChI is InChI=1S/C20H17FN4O2.C14H13IN4O2.C6H6BFO2/c21-18-6-2-1-5-17(18)14-7-8-19(22-11-14)27-16-12-25(13-16)20(26)10-15-4-3-9-23-24-15;15-10-3-4-13(16-7-10)21-12-8-19(9-12)14(20)6-11-2-1-5-17-18-11;8-6-4-2-1-3-5(6)7(9)10/h1-9,11,16H,10,12-13H2;1-5,7,12H,6,8-9H2;1-4,9-10H. The Balaban J connectivity index is 0.000000162. The Morgan fingerprint density at radius 3 is 1.62 bits per heavy atom. The molecular weight excluding hydrogens is 864 g/mol. The average Bonchev–Trinajstić information content (AvgIpc) is 3.20. The highest BCUT2D eigenvalue weighted by Gasteiger charge is 2.33. The highest BCUT2D eigenvalue weighted by atomic mass is 127. The number of carbonyl (C=O) groups is 2. The lowest BCUT2D eigenvalue weighted by Gasteiger charge is -2.38. The Hall–Kier alpha value is -5.99. The molecule has 0 spiro atoms. The largest absolute Gasteiger partial charge is 0.491 e. The number of benzene rings is 2. The molecule has 0 aliphatic carbocycles. The van der Waals surface area contributed by atoms with Crippen molar-refractivity contribution in [3.8, 4) is 22.9 Å². The van der Waals surface area contributed by atoms with Crippen LogP contribution >= 0.6 is 22.6 Å². The van der Waals surface area contributed by atoms with Gasteiger partial charge in [0.15, 0.2) is 0 Å². The fourth-order valence-electron chi connectivity index (χ4n) is 5.58. The van der Waals surface area contributed by atoms with Gasteiger partial charge in [-0.2, -0.15) is 20.4 Å². The Kier molecular flexibility index (Phi) is 14.7. The molecule has 0 atom stereocenters. The lowest BCUT2D eigenvalue weighted by Crippen LogP contribution is -2.56. The van der Waals surface area contributed by atoms with Crippen molar-refractivity contribution in [3.63, 3.8) is 0 Å². The van der Waals surface area contributed by atoms with Gasteiger partial charge in [0.25, 0.3) is 0 Å². The van der Waals surface area contributed by atoms with Crippen molar-refractivity contribution in [1.82, 2.24) is 40.2 Å². The molecule has 2 amide bonds. The van der Waals surface area contributed by atoms with Crippen molar-refractivity contribution in [2.24, 2.45) is 0 Å². The fraction of sp³-hybridized carbons (Fsp3) is 0.200. The number of carbonyl (C=O) groups excluding carboxylic acids is 2. The molecule has 14 nitrogen and oxygen atoms in total. The van der Waals surface area contributed by atoms with Crippen LogP contribution in [0.5, 0.6) is 11.8 Å². The van der Waals surface area contributed by atoms with Crippen molar-refractivity contribution in [1.29, 1.82) is 0 Å². The van der Waals surface area contributed by atoms with Crippen LogP contribution < -0.4 is 14.9 Å². The minimum atomic E-state index is -1.72. The minimum Gasteiger partial charge on any atom is -0.471 e. The third-order valence-corrected chi connectivity index (χ3v) is 9.34. The van der Waals surface area contributed by atoms with E-state index in [0.717, 1.165) is 3.57 Å². The number of aromatic nitrogens is 6. The van der Waals surface area contributed by atoms with Crippen LogP contribution in [0.25, 0.3) is 11.1 Å². The summed E-state index contributed by atoms with van der Waals surface area (Å²) in [4.78, 5) is 36.1. The molecule has 2 N–H and O–H groups in total. The molecule has 18 heteroatoms. The highest BCUT2D eigenvalue weighted by Crippen LogP contribution is 2.24. The van der Waals surface area contributed by atoms with Gasteiger partial charge in [-0.3, -0.25) is 9.59 Å². The Morgan fingerprint density at radius 2 is 1.19 bits per heavy atom. The first-order valence-electron chi connectivity index (χ1n) is 18.0. The predicted molar refractivity (Wildman–Crippen MR) is 216 cm³/mol. The number of hydrogen-bond donors (Lipinski definition) is 2. The van der Waals surface area contributed by atoms with E-state index >= 15 is 0 Å². The number of nitrogens with zero attached hydrogens (tertiary/aromatic N) is 8. The van der Waals surface area contributed by atoms with Gasteiger partial charge < -0.3 is 29.3 Å². The van der Waals surface area contributed by atoms with E-state index in [4.69, 9.17) is 19.5 Å². The van der Waals surface area contributed by atoms with E-state index in [0.29, 0.717) is 60.5 Å². The third kappa shape index (κ3) is 12.0. The molecule has 2 saturated heterocycles. The van der Waals surface area contributed by atoms with E-state index in [1.165, 1.54) is 30.3 Å². The van der Waals surface area contributed by atoms with Crippen LogP contribution in [0.3, 0.4) is 0 Å². The molecule has 6 aromatic rings. The molecule has 2 fully saturated rings. The second kappa shape index (κ2) is 20.4. The SMILES string of the molecule is O=C(Cc1cccnn1)N1CC(Oc2ccc(-c3ccccc3F)cn2)C1.O=C(Cc1cccnn1)N1CC(Oc2ccc(I)cn2)C1.OB(O)c1ccccc1F. The zero-order valence-corrected chi connectivity index (χ0v) is 32.9. The van der Waals surface area contributed by atoms with E-state index in [2.05, 4.69) is 53.0 Å². The molecule has 8 rings (SSSR count). The zero-order chi connectivity index (χ0) is 40.9. The van der Waals surface area contributed by atoms with Crippen molar-refractivity contribution in [3.05, 3.63) is 148 Å². The van der Waals surface area contributed by atoms with Crippen LogP contribution in [0.2, 0.25) is 0 Å².